The molecule has 0 unspecified atom stereocenters. The summed E-state index contributed by atoms with van der Waals surface area (Å²) >= 11 is 1.33. The summed E-state index contributed by atoms with van der Waals surface area (Å²) in [6, 6.07) is 5.29. The van der Waals surface area contributed by atoms with Crippen molar-refractivity contribution in [2.45, 2.75) is 6.92 Å². The van der Waals surface area contributed by atoms with E-state index < -0.39 is 7.19 Å². The number of anilines is 1. The summed E-state index contributed by atoms with van der Waals surface area (Å²) in [7, 11) is -1.79. The Hall–Kier alpha value is -0.500. The highest BCUT2D eigenvalue weighted by Gasteiger charge is 2.08. The molecule has 0 fully saturated rings. The minimum Gasteiger partial charge on any atom is -0.495 e. The predicted octanol–water partition coefficient (Wildman–Crippen LogP) is 2.10. The third-order valence-corrected chi connectivity index (χ3v) is 2.71. The van der Waals surface area contributed by atoms with Gasteiger partial charge in [-0.2, -0.15) is 8.42 Å². The van der Waals surface area contributed by atoms with E-state index in [0.717, 1.165) is 5.56 Å². The first-order valence-electron chi connectivity index (χ1n) is 3.79. The van der Waals surface area contributed by atoms with Gasteiger partial charge in [0.1, 0.15) is 5.75 Å². The zero-order chi connectivity index (χ0) is 10.8. The van der Waals surface area contributed by atoms with Gasteiger partial charge in [-0.15, -0.1) is 0 Å². The minimum atomic E-state index is -3.29. The normalized spacial score (nSPS) is 11.1. The Morgan fingerprint density at radius 1 is 1.43 bits per heavy atom. The van der Waals surface area contributed by atoms with E-state index in [1.807, 2.05) is 13.0 Å². The molecule has 0 aliphatic carbocycles. The lowest BCUT2D eigenvalue weighted by Crippen LogP contribution is -2.05. The number of halogens is 1. The smallest absolute Gasteiger partial charge is 0.286 e. The van der Waals surface area contributed by atoms with Gasteiger partial charge >= 0.3 is 0 Å². The molecule has 4 nitrogen and oxygen atoms in total. The largest absolute Gasteiger partial charge is 0.495 e. The lowest BCUT2D eigenvalue weighted by molar-refractivity contribution is 0.417. The standard InChI is InChI=1S/C8H10INO3S/c1-6-3-4-8(13-2)7(5-6)10-14(9,11)12/h3-5,10H,1-2H3. The van der Waals surface area contributed by atoms with Crippen molar-refractivity contribution in [3.63, 3.8) is 0 Å². The Morgan fingerprint density at radius 3 is 2.57 bits per heavy atom. The van der Waals surface area contributed by atoms with Gasteiger partial charge in [0.15, 0.2) is 0 Å². The fourth-order valence-corrected chi connectivity index (χ4v) is 2.17. The maximum Gasteiger partial charge on any atom is 0.286 e. The van der Waals surface area contributed by atoms with E-state index >= 15 is 0 Å². The fraction of sp³-hybridized carbons (Fsp3) is 0.250. The highest BCUT2D eigenvalue weighted by atomic mass is 127. The van der Waals surface area contributed by atoms with E-state index in [-0.39, 0.29) is 0 Å². The number of rotatable bonds is 3. The van der Waals surface area contributed by atoms with E-state index in [9.17, 15) is 8.42 Å². The van der Waals surface area contributed by atoms with Gasteiger partial charge in [-0.3, -0.25) is 4.72 Å². The van der Waals surface area contributed by atoms with E-state index in [2.05, 4.69) is 4.72 Å². The highest BCUT2D eigenvalue weighted by Crippen LogP contribution is 2.27. The van der Waals surface area contributed by atoms with Gasteiger partial charge in [-0.25, -0.2) is 0 Å². The molecular formula is C8H10INO3S. The third-order valence-electron chi connectivity index (χ3n) is 1.59. The first kappa shape index (κ1) is 11.6. The third kappa shape index (κ3) is 3.33. The molecule has 78 valence electrons. The van der Waals surface area contributed by atoms with Gasteiger partial charge in [0, 0.05) is 0 Å². The molecule has 6 heteroatoms. The van der Waals surface area contributed by atoms with Crippen molar-refractivity contribution in [3.8, 4) is 5.75 Å². The fourth-order valence-electron chi connectivity index (χ4n) is 1.03. The van der Waals surface area contributed by atoms with Crippen molar-refractivity contribution in [1.29, 1.82) is 0 Å². The highest BCUT2D eigenvalue weighted by molar-refractivity contribution is 14.2. The second-order valence-corrected chi connectivity index (χ2v) is 7.30. The van der Waals surface area contributed by atoms with Crippen LogP contribution in [0.15, 0.2) is 18.2 Å². The van der Waals surface area contributed by atoms with Crippen molar-refractivity contribution in [2.24, 2.45) is 0 Å². The first-order chi connectivity index (χ1) is 6.42. The maximum atomic E-state index is 11.0. The number of benzene rings is 1. The first-order valence-corrected chi connectivity index (χ1v) is 7.82. The Labute approximate surface area is 95.3 Å². The predicted molar refractivity (Wildman–Crippen MR) is 64.3 cm³/mol. The molecule has 1 aromatic carbocycles. The molecule has 0 amide bonds. The van der Waals surface area contributed by atoms with Crippen LogP contribution in [-0.2, 0) is 7.19 Å². The summed E-state index contributed by atoms with van der Waals surface area (Å²) in [5, 5.41) is 0. The van der Waals surface area contributed by atoms with Crippen molar-refractivity contribution < 1.29 is 13.2 Å². The number of nitrogens with one attached hydrogen (secondary N) is 1. The van der Waals surface area contributed by atoms with Gasteiger partial charge in [-0.05, 0) is 24.6 Å². The number of hydrogen-bond acceptors (Lipinski definition) is 3. The van der Waals surface area contributed by atoms with Crippen LogP contribution in [0, 0.1) is 6.92 Å². The second-order valence-electron chi connectivity index (χ2n) is 2.74. The van der Waals surface area contributed by atoms with Gasteiger partial charge in [0.2, 0.25) is 0 Å². The van der Waals surface area contributed by atoms with Gasteiger partial charge < -0.3 is 4.74 Å². The van der Waals surface area contributed by atoms with Crippen molar-refractivity contribution in [1.82, 2.24) is 0 Å². The topological polar surface area (TPSA) is 55.4 Å². The van der Waals surface area contributed by atoms with Crippen molar-refractivity contribution >= 4 is 34.1 Å². The Bertz CT molecular complexity index is 430. The molecule has 1 aromatic rings. The Balaban J connectivity index is 3.11. The van der Waals surface area contributed by atoms with Gasteiger partial charge in [0.25, 0.3) is 7.19 Å². The number of ether oxygens (including phenoxy) is 1. The van der Waals surface area contributed by atoms with Crippen LogP contribution in [0.4, 0.5) is 5.69 Å². The van der Waals surface area contributed by atoms with E-state index in [1.54, 1.807) is 12.1 Å². The van der Waals surface area contributed by atoms with Crippen LogP contribution in [0.25, 0.3) is 0 Å². The molecule has 1 N–H and O–H groups in total. The number of methoxy groups -OCH3 is 1. The monoisotopic (exact) mass is 327 g/mol. The molecule has 0 atom stereocenters. The van der Waals surface area contributed by atoms with Crippen LogP contribution >= 0.6 is 21.2 Å². The molecule has 1 rings (SSSR count). The van der Waals surface area contributed by atoms with Crippen LogP contribution in [0.2, 0.25) is 0 Å². The van der Waals surface area contributed by atoms with Gasteiger partial charge in [0.05, 0.1) is 34.0 Å². The molecule has 0 aliphatic rings. The summed E-state index contributed by atoms with van der Waals surface area (Å²) in [6.07, 6.45) is 0. The average Bonchev–Trinajstić information content (AvgIpc) is 2.01. The number of hydrogen-bond donors (Lipinski definition) is 1. The van der Waals surface area contributed by atoms with Crippen LogP contribution < -0.4 is 9.46 Å². The summed E-state index contributed by atoms with van der Waals surface area (Å²) in [5.41, 5.74) is 1.43. The Morgan fingerprint density at radius 2 is 2.07 bits per heavy atom. The molecule has 0 bridgehead atoms. The van der Waals surface area contributed by atoms with E-state index in [1.165, 1.54) is 28.3 Å². The minimum absolute atomic E-state index is 0.460. The summed E-state index contributed by atoms with van der Waals surface area (Å²) < 4.78 is 29.4. The zero-order valence-corrected chi connectivity index (χ0v) is 10.7. The maximum absolute atomic E-state index is 11.0. The molecule has 0 saturated carbocycles. The molecule has 0 aromatic heterocycles. The molecule has 0 saturated heterocycles. The quantitative estimate of drug-likeness (QED) is 0.683. The van der Waals surface area contributed by atoms with E-state index in [4.69, 9.17) is 4.74 Å². The van der Waals surface area contributed by atoms with E-state index in [0.29, 0.717) is 11.4 Å². The van der Waals surface area contributed by atoms with Crippen LogP contribution in [0.1, 0.15) is 5.56 Å². The summed E-state index contributed by atoms with van der Waals surface area (Å²) in [4.78, 5) is 0. The molecule has 14 heavy (non-hydrogen) atoms. The molecule has 0 spiro atoms. The lowest BCUT2D eigenvalue weighted by atomic mass is 10.2. The molecular weight excluding hydrogens is 317 g/mol. The molecule has 0 radical (unpaired) electrons. The van der Waals surface area contributed by atoms with Crippen LogP contribution in [0.5, 0.6) is 5.75 Å². The zero-order valence-electron chi connectivity index (χ0n) is 7.74. The number of aryl methyl sites for hydroxylation is 1. The van der Waals surface area contributed by atoms with Crippen molar-refractivity contribution in [3.05, 3.63) is 23.8 Å². The molecule has 0 aliphatic heterocycles. The lowest BCUT2D eigenvalue weighted by Gasteiger charge is -2.09. The summed E-state index contributed by atoms with van der Waals surface area (Å²) in [5.74, 6) is 0.510. The van der Waals surface area contributed by atoms with Crippen LogP contribution in [-0.4, -0.2) is 15.5 Å². The Kier molecular flexibility index (Phi) is 3.59. The second kappa shape index (κ2) is 4.35. The average molecular weight is 327 g/mol. The summed E-state index contributed by atoms with van der Waals surface area (Å²) in [6.45, 7) is 1.88. The van der Waals surface area contributed by atoms with Crippen LogP contribution in [0.3, 0.4) is 0 Å². The molecule has 0 heterocycles. The van der Waals surface area contributed by atoms with Crippen molar-refractivity contribution in [2.75, 3.05) is 11.8 Å². The SMILES string of the molecule is COc1ccc(C)cc1NS(=O)(=O)I. The van der Waals surface area contributed by atoms with Gasteiger partial charge in [-0.1, -0.05) is 6.07 Å².